The van der Waals surface area contributed by atoms with Crippen molar-refractivity contribution in [2.75, 3.05) is 66.0 Å². The highest BCUT2D eigenvalue weighted by atomic mass is 32.2. The Morgan fingerprint density at radius 1 is 1.19 bits per heavy atom. The molecule has 2 rings (SSSR count). The fourth-order valence-electron chi connectivity index (χ4n) is 3.04. The number of hydrogen-bond acceptors (Lipinski definition) is 6. The molecule has 1 aliphatic rings. The summed E-state index contributed by atoms with van der Waals surface area (Å²) in [5, 5.41) is 3.14. The van der Waals surface area contributed by atoms with Crippen molar-refractivity contribution in [1.82, 2.24) is 15.1 Å². The van der Waals surface area contributed by atoms with Crippen molar-refractivity contribution in [2.45, 2.75) is 6.54 Å². The number of ether oxygens (including phenoxy) is 2. The molecule has 0 aromatic heterocycles. The summed E-state index contributed by atoms with van der Waals surface area (Å²) in [6.07, 6.45) is 1.24. The molecule has 1 aromatic rings. The van der Waals surface area contributed by atoms with Gasteiger partial charge in [-0.1, -0.05) is 0 Å². The topological polar surface area (TPSA) is 83.5 Å². The fourth-order valence-corrected chi connectivity index (χ4v) is 3.52. The predicted octanol–water partition coefficient (Wildman–Crippen LogP) is 0.441. The first-order valence-electron chi connectivity index (χ1n) is 8.93. The van der Waals surface area contributed by atoms with Crippen molar-refractivity contribution >= 4 is 15.8 Å². The standard InChI is InChI=1S/C18H30N4O4S/c1-19-18(20-7-12-27(4,23)24)22-10-8-21(9-11-22)14-15-13-16(25-2)5-6-17(15)26-3/h5-6,13H,7-12,14H2,1-4H3,(H,19,20). The molecule has 0 atom stereocenters. The summed E-state index contributed by atoms with van der Waals surface area (Å²) in [5.41, 5.74) is 1.10. The second-order valence-electron chi connectivity index (χ2n) is 6.54. The largest absolute Gasteiger partial charge is 0.497 e. The number of nitrogens with zero attached hydrogens (tertiary/aromatic N) is 3. The first kappa shape index (κ1) is 21.3. The Morgan fingerprint density at radius 2 is 1.89 bits per heavy atom. The lowest BCUT2D eigenvalue weighted by atomic mass is 10.1. The van der Waals surface area contributed by atoms with Crippen LogP contribution in [0.5, 0.6) is 11.5 Å². The number of sulfone groups is 1. The van der Waals surface area contributed by atoms with Crippen LogP contribution in [0.15, 0.2) is 23.2 Å². The van der Waals surface area contributed by atoms with Crippen LogP contribution in [0.2, 0.25) is 0 Å². The molecule has 1 saturated heterocycles. The van der Waals surface area contributed by atoms with E-state index in [-0.39, 0.29) is 5.75 Å². The van der Waals surface area contributed by atoms with E-state index in [4.69, 9.17) is 9.47 Å². The highest BCUT2D eigenvalue weighted by Gasteiger charge is 2.21. The van der Waals surface area contributed by atoms with Crippen molar-refractivity contribution in [3.63, 3.8) is 0 Å². The number of methoxy groups -OCH3 is 2. The molecule has 8 nitrogen and oxygen atoms in total. The summed E-state index contributed by atoms with van der Waals surface area (Å²) in [6.45, 7) is 4.57. The molecular formula is C18H30N4O4S. The van der Waals surface area contributed by atoms with E-state index in [1.54, 1.807) is 21.3 Å². The van der Waals surface area contributed by atoms with E-state index in [9.17, 15) is 8.42 Å². The zero-order valence-corrected chi connectivity index (χ0v) is 17.4. The zero-order valence-electron chi connectivity index (χ0n) is 16.6. The van der Waals surface area contributed by atoms with Gasteiger partial charge in [0.05, 0.1) is 20.0 Å². The van der Waals surface area contributed by atoms with Gasteiger partial charge in [0.15, 0.2) is 5.96 Å². The molecule has 1 aromatic carbocycles. The average Bonchev–Trinajstić information content (AvgIpc) is 2.65. The van der Waals surface area contributed by atoms with E-state index in [1.165, 1.54) is 6.26 Å². The number of rotatable bonds is 7. The van der Waals surface area contributed by atoms with Gasteiger partial charge in [-0.25, -0.2) is 8.42 Å². The summed E-state index contributed by atoms with van der Waals surface area (Å²) in [4.78, 5) is 8.79. The smallest absolute Gasteiger partial charge is 0.193 e. The summed E-state index contributed by atoms with van der Waals surface area (Å²) < 4.78 is 33.3. The maximum atomic E-state index is 11.3. The van der Waals surface area contributed by atoms with Crippen LogP contribution < -0.4 is 14.8 Å². The van der Waals surface area contributed by atoms with Crippen molar-refractivity contribution in [3.8, 4) is 11.5 Å². The molecule has 1 heterocycles. The van der Waals surface area contributed by atoms with Crippen LogP contribution in [-0.4, -0.2) is 90.2 Å². The van der Waals surface area contributed by atoms with Crippen LogP contribution in [0.3, 0.4) is 0 Å². The Morgan fingerprint density at radius 3 is 2.44 bits per heavy atom. The number of hydrogen-bond donors (Lipinski definition) is 1. The summed E-state index contributed by atoms with van der Waals surface area (Å²) in [6, 6.07) is 5.83. The maximum absolute atomic E-state index is 11.3. The van der Waals surface area contributed by atoms with Crippen LogP contribution in [-0.2, 0) is 16.4 Å². The Bertz CT molecular complexity index is 744. The molecule has 0 spiro atoms. The molecule has 0 bridgehead atoms. The van der Waals surface area contributed by atoms with E-state index in [2.05, 4.69) is 20.1 Å². The monoisotopic (exact) mass is 398 g/mol. The molecule has 1 aliphatic heterocycles. The van der Waals surface area contributed by atoms with Crippen molar-refractivity contribution in [3.05, 3.63) is 23.8 Å². The lowest BCUT2D eigenvalue weighted by Crippen LogP contribution is -2.52. The lowest BCUT2D eigenvalue weighted by Gasteiger charge is -2.36. The SMILES string of the molecule is CN=C(NCCS(C)(=O)=O)N1CCN(Cc2cc(OC)ccc2OC)CC1. The second kappa shape index (κ2) is 9.80. The van der Waals surface area contributed by atoms with E-state index in [0.29, 0.717) is 6.54 Å². The molecule has 0 amide bonds. The Labute approximate surface area is 162 Å². The fraction of sp³-hybridized carbons (Fsp3) is 0.611. The number of aliphatic imine (C=N–C) groups is 1. The third kappa shape index (κ3) is 6.59. The third-order valence-corrected chi connectivity index (χ3v) is 5.47. The van der Waals surface area contributed by atoms with Crippen LogP contribution in [0.4, 0.5) is 0 Å². The minimum atomic E-state index is -2.98. The molecular weight excluding hydrogens is 368 g/mol. The Balaban J connectivity index is 1.89. The van der Waals surface area contributed by atoms with Crippen molar-refractivity contribution in [1.29, 1.82) is 0 Å². The molecule has 0 saturated carbocycles. The average molecular weight is 399 g/mol. The highest BCUT2D eigenvalue weighted by Crippen LogP contribution is 2.25. The van der Waals surface area contributed by atoms with Crippen molar-refractivity contribution < 1.29 is 17.9 Å². The first-order chi connectivity index (χ1) is 12.9. The van der Waals surface area contributed by atoms with Gasteiger partial charge in [0, 0.05) is 58.1 Å². The summed E-state index contributed by atoms with van der Waals surface area (Å²) in [5.74, 6) is 2.52. The molecule has 9 heteroatoms. The molecule has 27 heavy (non-hydrogen) atoms. The van der Waals surface area contributed by atoms with Crippen LogP contribution in [0.1, 0.15) is 5.56 Å². The summed E-state index contributed by atoms with van der Waals surface area (Å²) in [7, 11) is 2.07. The van der Waals surface area contributed by atoms with Gasteiger partial charge in [-0.15, -0.1) is 0 Å². The predicted molar refractivity (Wildman–Crippen MR) is 107 cm³/mol. The third-order valence-electron chi connectivity index (χ3n) is 4.52. The van der Waals surface area contributed by atoms with Crippen LogP contribution in [0.25, 0.3) is 0 Å². The Hall–Kier alpha value is -2.00. The molecule has 1 fully saturated rings. The maximum Gasteiger partial charge on any atom is 0.193 e. The minimum Gasteiger partial charge on any atom is -0.497 e. The molecule has 0 aliphatic carbocycles. The quantitative estimate of drug-likeness (QED) is 0.527. The number of nitrogens with one attached hydrogen (secondary N) is 1. The van der Waals surface area contributed by atoms with Crippen LogP contribution >= 0.6 is 0 Å². The van der Waals surface area contributed by atoms with E-state index < -0.39 is 9.84 Å². The van der Waals surface area contributed by atoms with Gasteiger partial charge >= 0.3 is 0 Å². The van der Waals surface area contributed by atoms with Gasteiger partial charge < -0.3 is 19.7 Å². The van der Waals surface area contributed by atoms with Gasteiger partial charge in [-0.2, -0.15) is 0 Å². The second-order valence-corrected chi connectivity index (χ2v) is 8.80. The summed E-state index contributed by atoms with van der Waals surface area (Å²) >= 11 is 0. The zero-order chi connectivity index (χ0) is 19.9. The van der Waals surface area contributed by atoms with Gasteiger partial charge in [0.2, 0.25) is 0 Å². The number of benzene rings is 1. The normalized spacial score (nSPS) is 16.3. The molecule has 152 valence electrons. The van der Waals surface area contributed by atoms with E-state index in [0.717, 1.165) is 55.7 Å². The number of guanidine groups is 1. The minimum absolute atomic E-state index is 0.0988. The lowest BCUT2D eigenvalue weighted by molar-refractivity contribution is 0.171. The van der Waals surface area contributed by atoms with Gasteiger partial charge in [0.1, 0.15) is 21.3 Å². The van der Waals surface area contributed by atoms with E-state index in [1.807, 2.05) is 18.2 Å². The van der Waals surface area contributed by atoms with Gasteiger partial charge in [-0.3, -0.25) is 9.89 Å². The Kier molecular flexibility index (Phi) is 7.73. The number of piperazine rings is 1. The van der Waals surface area contributed by atoms with E-state index >= 15 is 0 Å². The van der Waals surface area contributed by atoms with Gasteiger partial charge in [0.25, 0.3) is 0 Å². The molecule has 1 N–H and O–H groups in total. The molecule has 0 unspecified atom stereocenters. The van der Waals surface area contributed by atoms with Crippen LogP contribution in [0, 0.1) is 0 Å². The highest BCUT2D eigenvalue weighted by molar-refractivity contribution is 7.90. The van der Waals surface area contributed by atoms with Crippen molar-refractivity contribution in [2.24, 2.45) is 4.99 Å². The molecule has 0 radical (unpaired) electrons. The first-order valence-corrected chi connectivity index (χ1v) is 11.0. The van der Waals surface area contributed by atoms with Gasteiger partial charge in [-0.05, 0) is 18.2 Å².